The maximum Gasteiger partial charge on any atom is 0.274 e. The van der Waals surface area contributed by atoms with E-state index in [0.29, 0.717) is 32.4 Å². The highest BCUT2D eigenvalue weighted by Crippen LogP contribution is 2.37. The van der Waals surface area contributed by atoms with Crippen LogP contribution < -0.4 is 10.9 Å². The first-order valence-corrected chi connectivity index (χ1v) is 11.1. The van der Waals surface area contributed by atoms with E-state index in [0.717, 1.165) is 16.7 Å². The van der Waals surface area contributed by atoms with Gasteiger partial charge in [0, 0.05) is 38.1 Å². The summed E-state index contributed by atoms with van der Waals surface area (Å²) >= 11 is 0. The third-order valence-electron chi connectivity index (χ3n) is 6.12. The van der Waals surface area contributed by atoms with E-state index in [2.05, 4.69) is 20.5 Å². The fourth-order valence-electron chi connectivity index (χ4n) is 4.54. The molecule has 0 spiro atoms. The van der Waals surface area contributed by atoms with Gasteiger partial charge in [0.15, 0.2) is 0 Å². The quantitative estimate of drug-likeness (QED) is 0.606. The van der Waals surface area contributed by atoms with Gasteiger partial charge in [0.1, 0.15) is 5.69 Å². The number of nitrogens with zero attached hydrogens (tertiary/aromatic N) is 3. The average Bonchev–Trinajstić information content (AvgIpc) is 2.85. The average molecular weight is 446 g/mol. The van der Waals surface area contributed by atoms with E-state index in [1.165, 1.54) is 12.1 Å². The van der Waals surface area contributed by atoms with Gasteiger partial charge < -0.3 is 10.2 Å². The van der Waals surface area contributed by atoms with Crippen molar-refractivity contribution < 1.29 is 9.59 Å². The van der Waals surface area contributed by atoms with E-state index < -0.39 is 5.41 Å². The number of hydrogen-bond donors (Lipinski definition) is 2. The van der Waals surface area contributed by atoms with Crippen molar-refractivity contribution in [2.45, 2.75) is 26.2 Å². The van der Waals surface area contributed by atoms with Crippen molar-refractivity contribution in [2.75, 3.05) is 19.6 Å². The van der Waals surface area contributed by atoms with Crippen molar-refractivity contribution in [3.05, 3.63) is 82.5 Å². The highest BCUT2D eigenvalue weighted by molar-refractivity contribution is 5.93. The predicted molar refractivity (Wildman–Crippen MR) is 124 cm³/mol. The second kappa shape index (κ2) is 9.77. The first-order chi connectivity index (χ1) is 16.0. The van der Waals surface area contributed by atoms with Gasteiger partial charge in [0.2, 0.25) is 5.91 Å². The topological polar surface area (TPSA) is 108 Å². The third kappa shape index (κ3) is 4.84. The molecule has 2 N–H and O–H groups in total. The molecule has 1 saturated heterocycles. The molecule has 8 nitrogen and oxygen atoms in total. The molecule has 1 aromatic carbocycles. The molecule has 8 heteroatoms. The SMILES string of the molecule is CCNC(=O)[C@]1(Cc2ccccc2-c2ccncc2)CCCN(C(=O)c2ccc(=O)[nH]n2)C1. The smallest absolute Gasteiger partial charge is 0.274 e. The van der Waals surface area contributed by atoms with Crippen LogP contribution in [0.25, 0.3) is 11.1 Å². The Kier molecular flexibility index (Phi) is 6.63. The summed E-state index contributed by atoms with van der Waals surface area (Å²) in [5.74, 6) is -0.344. The summed E-state index contributed by atoms with van der Waals surface area (Å²) in [6.07, 6.45) is 5.38. The molecule has 1 fully saturated rings. The molecule has 3 heterocycles. The number of piperidine rings is 1. The first-order valence-electron chi connectivity index (χ1n) is 11.1. The summed E-state index contributed by atoms with van der Waals surface area (Å²) in [4.78, 5) is 43.6. The van der Waals surface area contributed by atoms with Crippen molar-refractivity contribution in [3.8, 4) is 11.1 Å². The Hall–Kier alpha value is -3.81. The molecule has 3 aromatic rings. The lowest BCUT2D eigenvalue weighted by Gasteiger charge is -2.42. The van der Waals surface area contributed by atoms with E-state index in [9.17, 15) is 14.4 Å². The fourth-order valence-corrected chi connectivity index (χ4v) is 4.54. The number of carbonyl (C=O) groups is 2. The molecule has 33 heavy (non-hydrogen) atoms. The Balaban J connectivity index is 1.68. The van der Waals surface area contributed by atoms with E-state index in [4.69, 9.17) is 0 Å². The van der Waals surface area contributed by atoms with Crippen LogP contribution in [0.1, 0.15) is 35.8 Å². The maximum atomic E-state index is 13.4. The number of benzene rings is 1. The minimum absolute atomic E-state index is 0.0542. The van der Waals surface area contributed by atoms with Crippen LogP contribution in [0.3, 0.4) is 0 Å². The number of hydrogen-bond acceptors (Lipinski definition) is 5. The van der Waals surface area contributed by atoms with Crippen LogP contribution in [0, 0.1) is 5.41 Å². The number of aromatic nitrogens is 3. The fraction of sp³-hybridized carbons (Fsp3) is 0.320. The van der Waals surface area contributed by atoms with Gasteiger partial charge in [-0.15, -0.1) is 0 Å². The van der Waals surface area contributed by atoms with Gasteiger partial charge in [-0.3, -0.25) is 19.4 Å². The number of amides is 2. The predicted octanol–water partition coefficient (Wildman–Crippen LogP) is 2.43. The zero-order valence-corrected chi connectivity index (χ0v) is 18.6. The monoisotopic (exact) mass is 445 g/mol. The first kappa shape index (κ1) is 22.4. The third-order valence-corrected chi connectivity index (χ3v) is 6.12. The van der Waals surface area contributed by atoms with Crippen molar-refractivity contribution in [1.29, 1.82) is 0 Å². The Bertz CT molecular complexity index is 1170. The normalized spacial score (nSPS) is 18.0. The standard InChI is InChI=1S/C25H27N5O3/c1-2-27-24(33)25(16-19-6-3-4-7-20(19)18-10-13-26-14-11-18)12-5-15-30(17-25)23(32)21-8-9-22(31)29-28-21/h3-4,6-11,13-14H,2,5,12,15-17H2,1H3,(H,27,33)(H,29,31)/t25-/m0/s1. The van der Waals surface area contributed by atoms with Gasteiger partial charge >= 0.3 is 0 Å². The van der Waals surface area contributed by atoms with E-state index in [-0.39, 0.29) is 29.6 Å². The van der Waals surface area contributed by atoms with Gasteiger partial charge in [0.05, 0.1) is 5.41 Å². The van der Waals surface area contributed by atoms with Crippen LogP contribution in [-0.2, 0) is 11.2 Å². The van der Waals surface area contributed by atoms with Crippen molar-refractivity contribution in [2.24, 2.45) is 5.41 Å². The molecule has 4 rings (SSSR count). The van der Waals surface area contributed by atoms with Gasteiger partial charge in [-0.2, -0.15) is 5.10 Å². The number of pyridine rings is 1. The molecule has 0 saturated carbocycles. The zero-order chi connectivity index (χ0) is 23.3. The molecule has 1 aliphatic rings. The minimum Gasteiger partial charge on any atom is -0.356 e. The molecule has 2 amide bonds. The van der Waals surface area contributed by atoms with E-state index >= 15 is 0 Å². The highest BCUT2D eigenvalue weighted by atomic mass is 16.2. The van der Waals surface area contributed by atoms with Crippen LogP contribution in [0.4, 0.5) is 0 Å². The van der Waals surface area contributed by atoms with Crippen LogP contribution in [-0.4, -0.2) is 51.5 Å². The lowest BCUT2D eigenvalue weighted by atomic mass is 9.73. The molecular formula is C25H27N5O3. The minimum atomic E-state index is -0.769. The summed E-state index contributed by atoms with van der Waals surface area (Å²) in [7, 11) is 0. The molecular weight excluding hydrogens is 418 g/mol. The lowest BCUT2D eigenvalue weighted by Crippen LogP contribution is -2.54. The summed E-state index contributed by atoms with van der Waals surface area (Å²) in [5, 5.41) is 9.19. The molecule has 0 unspecified atom stereocenters. The molecule has 170 valence electrons. The number of rotatable bonds is 6. The molecule has 1 aliphatic heterocycles. The van der Waals surface area contributed by atoms with Gasteiger partial charge in [-0.05, 0) is 61.1 Å². The Labute approximate surface area is 192 Å². The van der Waals surface area contributed by atoms with E-state index in [1.807, 2.05) is 43.3 Å². The van der Waals surface area contributed by atoms with E-state index in [1.54, 1.807) is 17.3 Å². The van der Waals surface area contributed by atoms with Crippen LogP contribution in [0.2, 0.25) is 0 Å². The number of likely N-dealkylation sites (tertiary alicyclic amines) is 1. The zero-order valence-electron chi connectivity index (χ0n) is 18.6. The Morgan fingerprint density at radius 2 is 1.91 bits per heavy atom. The van der Waals surface area contributed by atoms with Crippen molar-refractivity contribution >= 4 is 11.8 Å². The number of carbonyl (C=O) groups excluding carboxylic acids is 2. The number of aromatic amines is 1. The second-order valence-electron chi connectivity index (χ2n) is 8.35. The van der Waals surface area contributed by atoms with Crippen molar-refractivity contribution in [3.63, 3.8) is 0 Å². The summed E-state index contributed by atoms with van der Waals surface area (Å²) in [5.41, 5.74) is 2.16. The molecule has 0 aliphatic carbocycles. The Morgan fingerprint density at radius 3 is 2.64 bits per heavy atom. The summed E-state index contributed by atoms with van der Waals surface area (Å²) in [6, 6.07) is 14.7. The number of H-pyrrole nitrogens is 1. The van der Waals surface area contributed by atoms with Gasteiger partial charge in [-0.25, -0.2) is 5.10 Å². The molecule has 0 bridgehead atoms. The number of nitrogens with one attached hydrogen (secondary N) is 2. The lowest BCUT2D eigenvalue weighted by molar-refractivity contribution is -0.133. The maximum absolute atomic E-state index is 13.4. The second-order valence-corrected chi connectivity index (χ2v) is 8.35. The largest absolute Gasteiger partial charge is 0.356 e. The van der Waals surface area contributed by atoms with Crippen LogP contribution in [0.5, 0.6) is 0 Å². The van der Waals surface area contributed by atoms with Gasteiger partial charge in [-0.1, -0.05) is 24.3 Å². The molecule has 0 radical (unpaired) electrons. The highest BCUT2D eigenvalue weighted by Gasteiger charge is 2.44. The van der Waals surface area contributed by atoms with Crippen LogP contribution in [0.15, 0.2) is 65.7 Å². The van der Waals surface area contributed by atoms with Crippen molar-refractivity contribution in [1.82, 2.24) is 25.4 Å². The van der Waals surface area contributed by atoms with Gasteiger partial charge in [0.25, 0.3) is 11.5 Å². The molecule has 2 aromatic heterocycles. The summed E-state index contributed by atoms with van der Waals surface area (Å²) < 4.78 is 0. The molecule has 1 atom stereocenters. The van der Waals surface area contributed by atoms with Crippen LogP contribution >= 0.6 is 0 Å². The Morgan fingerprint density at radius 1 is 1.12 bits per heavy atom. The summed E-state index contributed by atoms with van der Waals surface area (Å²) in [6.45, 7) is 3.23.